The molecule has 0 radical (unpaired) electrons. The predicted octanol–water partition coefficient (Wildman–Crippen LogP) is 4.87. The highest BCUT2D eigenvalue weighted by molar-refractivity contribution is 5.97. The van der Waals surface area contributed by atoms with Gasteiger partial charge in [0.2, 0.25) is 5.91 Å². The third-order valence-electron chi connectivity index (χ3n) is 10.0. The molecule has 46 heavy (non-hydrogen) atoms. The molecule has 1 aromatic heterocycles. The Hall–Kier alpha value is -3.22. The van der Waals surface area contributed by atoms with Gasteiger partial charge in [-0.15, -0.1) is 0 Å². The highest BCUT2D eigenvalue weighted by Crippen LogP contribution is 2.42. The molecule has 3 aliphatic heterocycles. The number of aromatic nitrogens is 1. The molecular weight excluding hydrogens is 599 g/mol. The Bertz CT molecular complexity index is 1450. The number of pyridine rings is 1. The number of halogens is 3. The zero-order chi connectivity index (χ0) is 33.7. The van der Waals surface area contributed by atoms with Crippen LogP contribution in [0, 0.1) is 11.2 Å². The summed E-state index contributed by atoms with van der Waals surface area (Å²) in [5.74, 6) is -3.50. The van der Waals surface area contributed by atoms with Crippen LogP contribution in [-0.2, 0) is 21.4 Å². The fraction of sp³-hybridized carbons (Fsp3) is 0.618. The van der Waals surface area contributed by atoms with Gasteiger partial charge in [-0.2, -0.15) is 0 Å². The Morgan fingerprint density at radius 3 is 2.41 bits per heavy atom. The zero-order valence-corrected chi connectivity index (χ0v) is 27.7. The summed E-state index contributed by atoms with van der Waals surface area (Å²) in [5.41, 5.74) is 1.59. The van der Waals surface area contributed by atoms with E-state index < -0.39 is 47.6 Å². The normalized spacial score (nSPS) is 25.3. The van der Waals surface area contributed by atoms with Crippen LogP contribution < -0.4 is 4.90 Å². The van der Waals surface area contributed by atoms with Gasteiger partial charge in [0.15, 0.2) is 0 Å². The van der Waals surface area contributed by atoms with Gasteiger partial charge in [-0.25, -0.2) is 18.0 Å². The van der Waals surface area contributed by atoms with E-state index in [4.69, 9.17) is 9.72 Å². The lowest BCUT2D eigenvalue weighted by Gasteiger charge is -2.57. The van der Waals surface area contributed by atoms with Gasteiger partial charge in [0, 0.05) is 50.4 Å². The third kappa shape index (κ3) is 7.03. The van der Waals surface area contributed by atoms with E-state index in [1.165, 1.54) is 17.0 Å². The molecule has 252 valence electrons. The van der Waals surface area contributed by atoms with E-state index in [9.17, 15) is 27.9 Å². The number of rotatable bonds is 6. The van der Waals surface area contributed by atoms with Gasteiger partial charge >= 0.3 is 6.09 Å². The number of fused-ring (bicyclic) bond motifs is 1. The van der Waals surface area contributed by atoms with E-state index in [1.54, 1.807) is 28.1 Å². The molecule has 0 aliphatic carbocycles. The number of hydrogen-bond acceptors (Lipinski definition) is 6. The lowest BCUT2D eigenvalue weighted by atomic mass is 9.71. The van der Waals surface area contributed by atoms with Crippen LogP contribution in [0.15, 0.2) is 36.5 Å². The van der Waals surface area contributed by atoms with Crippen molar-refractivity contribution in [3.05, 3.63) is 59.2 Å². The number of carbonyl (C=O) groups is 2. The van der Waals surface area contributed by atoms with Gasteiger partial charge in [0.1, 0.15) is 12.4 Å². The molecular formula is C34H46F3N5O4. The lowest BCUT2D eigenvalue weighted by molar-refractivity contribution is -0.125. The molecule has 2 aromatic rings. The monoisotopic (exact) mass is 645 g/mol. The van der Waals surface area contributed by atoms with Crippen molar-refractivity contribution in [1.82, 2.24) is 19.7 Å². The van der Waals surface area contributed by atoms with Crippen molar-refractivity contribution >= 4 is 17.7 Å². The van der Waals surface area contributed by atoms with E-state index in [1.807, 2.05) is 52.5 Å². The molecule has 0 saturated carbocycles. The zero-order valence-electron chi connectivity index (χ0n) is 27.7. The molecule has 2 saturated heterocycles. The SMILES string of the molecule is CC1(C)CN(C(=O)CN2C[C@@](C)(C(C)(C)C)N(C(=O)O)C[C@@H]2CN2CCOCC(F)(F)C2)c2cc(Cc3ccc(F)cc3)cnc21. The third-order valence-corrected chi connectivity index (χ3v) is 10.0. The molecule has 0 unspecified atom stereocenters. The van der Waals surface area contributed by atoms with Crippen LogP contribution >= 0.6 is 0 Å². The number of nitrogens with zero attached hydrogens (tertiary/aromatic N) is 5. The largest absolute Gasteiger partial charge is 0.465 e. The molecule has 5 rings (SSSR count). The molecule has 1 aromatic carbocycles. The second-order valence-corrected chi connectivity index (χ2v) is 15.0. The van der Waals surface area contributed by atoms with Crippen molar-refractivity contribution in [1.29, 1.82) is 0 Å². The molecule has 1 N–H and O–H groups in total. The fourth-order valence-corrected chi connectivity index (χ4v) is 6.94. The number of amides is 2. The second-order valence-electron chi connectivity index (χ2n) is 15.0. The van der Waals surface area contributed by atoms with Crippen molar-refractivity contribution in [2.24, 2.45) is 5.41 Å². The van der Waals surface area contributed by atoms with E-state index in [2.05, 4.69) is 0 Å². The quantitative estimate of drug-likeness (QED) is 0.480. The highest BCUT2D eigenvalue weighted by atomic mass is 19.3. The summed E-state index contributed by atoms with van der Waals surface area (Å²) in [7, 11) is 0. The average Bonchev–Trinajstić information content (AvgIpc) is 3.09. The minimum absolute atomic E-state index is 0.0117. The van der Waals surface area contributed by atoms with Crippen LogP contribution in [0.4, 0.5) is 23.7 Å². The first-order valence-electron chi connectivity index (χ1n) is 15.9. The molecule has 2 atom stereocenters. The lowest BCUT2D eigenvalue weighted by Crippen LogP contribution is -2.72. The molecule has 3 aliphatic rings. The van der Waals surface area contributed by atoms with Crippen molar-refractivity contribution in [2.45, 2.75) is 70.9 Å². The second kappa shape index (κ2) is 12.4. The number of carboxylic acid groups (broad SMARTS) is 1. The topological polar surface area (TPSA) is 89.5 Å². The van der Waals surface area contributed by atoms with Crippen molar-refractivity contribution in [3.8, 4) is 0 Å². The van der Waals surface area contributed by atoms with Crippen LogP contribution in [0.2, 0.25) is 0 Å². The Balaban J connectivity index is 1.43. The summed E-state index contributed by atoms with van der Waals surface area (Å²) >= 11 is 0. The van der Waals surface area contributed by atoms with Crippen LogP contribution in [0.1, 0.15) is 58.4 Å². The Morgan fingerprint density at radius 2 is 1.76 bits per heavy atom. The van der Waals surface area contributed by atoms with Gasteiger partial charge in [-0.3, -0.25) is 24.5 Å². The van der Waals surface area contributed by atoms with E-state index in [0.717, 1.165) is 22.5 Å². The standard InChI is InChI=1S/C34H46F3N5O4/c1-31(2,3)33(6)20-40(26(17-42(33)30(44)45)16-39-11-12-46-22-34(36,37)21-39)18-28(43)41-19-32(4,5)29-27(41)14-24(15-38-29)13-23-7-9-25(35)10-8-23/h7-10,14-15,26H,11-13,16-22H2,1-6H3,(H,44,45)/t26-,33-/m0/s1. The van der Waals surface area contributed by atoms with Crippen LogP contribution in [0.3, 0.4) is 0 Å². The molecule has 12 heteroatoms. The Kier molecular flexibility index (Phi) is 9.22. The van der Waals surface area contributed by atoms with E-state index >= 15 is 0 Å². The Labute approximate surface area is 269 Å². The maximum absolute atomic E-state index is 14.5. The number of anilines is 1. The van der Waals surface area contributed by atoms with Crippen LogP contribution in [-0.4, -0.2) is 113 Å². The van der Waals surface area contributed by atoms with Crippen molar-refractivity contribution in [2.75, 3.05) is 63.9 Å². The average molecular weight is 646 g/mol. The Morgan fingerprint density at radius 1 is 1.07 bits per heavy atom. The van der Waals surface area contributed by atoms with Gasteiger partial charge in [-0.1, -0.05) is 46.8 Å². The molecule has 2 amide bonds. The summed E-state index contributed by atoms with van der Waals surface area (Å²) in [6, 6.07) is 7.76. The number of benzene rings is 1. The van der Waals surface area contributed by atoms with Crippen molar-refractivity contribution < 1.29 is 32.6 Å². The maximum Gasteiger partial charge on any atom is 0.407 e. The van der Waals surface area contributed by atoms with E-state index in [-0.39, 0.29) is 51.1 Å². The number of carbonyl (C=O) groups excluding carboxylic acids is 1. The van der Waals surface area contributed by atoms with Gasteiger partial charge in [0.05, 0.1) is 36.6 Å². The summed E-state index contributed by atoms with van der Waals surface area (Å²) in [4.78, 5) is 38.4. The predicted molar refractivity (Wildman–Crippen MR) is 169 cm³/mol. The minimum atomic E-state index is -3.03. The minimum Gasteiger partial charge on any atom is -0.465 e. The maximum atomic E-state index is 14.5. The van der Waals surface area contributed by atoms with Crippen LogP contribution in [0.5, 0.6) is 0 Å². The van der Waals surface area contributed by atoms with Crippen molar-refractivity contribution in [3.63, 3.8) is 0 Å². The van der Waals surface area contributed by atoms with Gasteiger partial charge in [0.25, 0.3) is 5.92 Å². The summed E-state index contributed by atoms with van der Waals surface area (Å²) in [6.45, 7) is 12.1. The molecule has 0 bridgehead atoms. The first-order chi connectivity index (χ1) is 21.4. The first-order valence-corrected chi connectivity index (χ1v) is 15.9. The summed E-state index contributed by atoms with van der Waals surface area (Å²) in [5, 5.41) is 10.3. The molecule has 9 nitrogen and oxygen atoms in total. The summed E-state index contributed by atoms with van der Waals surface area (Å²) < 4.78 is 47.6. The number of ether oxygens (including phenoxy) is 1. The summed E-state index contributed by atoms with van der Waals surface area (Å²) in [6.07, 6.45) is 1.25. The molecule has 2 fully saturated rings. The van der Waals surface area contributed by atoms with Crippen LogP contribution in [0.25, 0.3) is 0 Å². The molecule has 0 spiro atoms. The van der Waals surface area contributed by atoms with Gasteiger partial charge in [-0.05, 0) is 48.1 Å². The number of alkyl halides is 2. The van der Waals surface area contributed by atoms with Gasteiger partial charge < -0.3 is 14.7 Å². The fourth-order valence-electron chi connectivity index (χ4n) is 6.94. The van der Waals surface area contributed by atoms with E-state index in [0.29, 0.717) is 13.0 Å². The number of piperazine rings is 1. The highest BCUT2D eigenvalue weighted by Gasteiger charge is 2.52. The molecule has 4 heterocycles. The number of hydrogen-bond donors (Lipinski definition) is 1. The smallest absolute Gasteiger partial charge is 0.407 e. The first kappa shape index (κ1) is 34.1.